The maximum atomic E-state index is 9.31. The first-order chi connectivity index (χ1) is 57.6. The van der Waals surface area contributed by atoms with Crippen LogP contribution in [0.25, 0.3) is 66.1 Å². The predicted octanol–water partition coefficient (Wildman–Crippen LogP) is 29.5. The lowest BCUT2D eigenvalue weighted by Gasteiger charge is -2.27. The highest BCUT2D eigenvalue weighted by molar-refractivity contribution is 5.93. The Hall–Kier alpha value is -15.7. The summed E-state index contributed by atoms with van der Waals surface area (Å²) in [6.45, 7) is 0. The van der Waals surface area contributed by atoms with Crippen LogP contribution in [0.2, 0.25) is 0 Å². The van der Waals surface area contributed by atoms with Gasteiger partial charge in [0.1, 0.15) is 0 Å². The first kappa shape index (κ1) is 75.3. The third kappa shape index (κ3) is 17.6. The van der Waals surface area contributed by atoms with Crippen molar-refractivity contribution in [1.82, 2.24) is 0 Å². The summed E-state index contributed by atoms with van der Waals surface area (Å²) in [7, 11) is 6.17. The van der Waals surface area contributed by atoms with Crippen LogP contribution in [0.5, 0.6) is 0 Å². The fraction of sp³-hybridized carbons (Fsp3) is 0.0275. The van der Waals surface area contributed by atoms with Gasteiger partial charge in [0.05, 0.1) is 23.3 Å². The van der Waals surface area contributed by atoms with Gasteiger partial charge in [0.15, 0.2) is 0 Å². The molecule has 0 aromatic heterocycles. The van der Waals surface area contributed by atoms with E-state index in [1.54, 1.807) is 0 Å². The molecule has 0 aliphatic rings. The lowest BCUT2D eigenvalue weighted by Crippen LogP contribution is -2.12. The lowest BCUT2D eigenvalue weighted by atomic mass is 10.0. The van der Waals surface area contributed by atoms with E-state index in [9.17, 15) is 5.26 Å². The molecule has 0 spiro atoms. The minimum Gasteiger partial charge on any atom is -0.345 e. The molecule has 0 radical (unpaired) electrons. The van der Waals surface area contributed by atoms with Crippen LogP contribution in [-0.4, -0.2) is 21.1 Å². The third-order valence-corrected chi connectivity index (χ3v) is 21.2. The Bertz CT molecular complexity index is 6330. The molecule has 18 aromatic rings. The molecular weight excluding hydrogens is 1420 g/mol. The smallest absolute Gasteiger partial charge is 0.0992 e. The van der Waals surface area contributed by atoms with Crippen LogP contribution in [-0.2, 0) is 0 Å². The van der Waals surface area contributed by atoms with Crippen LogP contribution in [0.1, 0.15) is 11.1 Å². The monoisotopic (exact) mass is 1500 g/mol. The highest BCUT2D eigenvalue weighted by Gasteiger charge is 2.20. The molecule has 8 nitrogen and oxygen atoms in total. The standard InChI is InChI=1S/C37H30N2.2C36H27N3/c1-38(33-15-9-4-10-16-33)34-25-27-37(28-26-34)39(35-21-17-31(18-22-35)29-11-5-2-6-12-29)36-23-19-32(20-24-36)30-13-7-3-8-14-30;1-38(34-15-7-9-27(23-34)26-37)32-19-21-33(22-20-32)39(36-18-17-29-12-5-6-13-30(29)25-36)35-16-8-14-31(24-35)28-10-3-2-4-11-28;1-38(32-17-14-27(26-37)15-18-32)33-20-22-34(23-21-33)39(36-19-16-29-10-5-6-11-30(29)25-36)35-13-7-12-31(24-35)28-8-3-2-4-9-28/h2-28H,1H3;2*2-25H,1H3. The number of fused-ring (bicyclic) bond motifs is 2. The summed E-state index contributed by atoms with van der Waals surface area (Å²) >= 11 is 0. The molecule has 0 saturated carbocycles. The van der Waals surface area contributed by atoms with Gasteiger partial charge in [-0.3, -0.25) is 0 Å². The van der Waals surface area contributed by atoms with E-state index in [2.05, 4.69) is 437 Å². The minimum atomic E-state index is 0.650. The van der Waals surface area contributed by atoms with Crippen molar-refractivity contribution in [1.29, 1.82) is 10.5 Å². The van der Waals surface area contributed by atoms with Crippen molar-refractivity contribution in [2.24, 2.45) is 0 Å². The zero-order valence-corrected chi connectivity index (χ0v) is 65.4. The van der Waals surface area contributed by atoms with E-state index in [0.717, 1.165) is 85.3 Å². The maximum Gasteiger partial charge on any atom is 0.0992 e. The molecule has 8 heteroatoms. The first-order valence-corrected chi connectivity index (χ1v) is 39.2. The maximum absolute atomic E-state index is 9.31. The second-order valence-electron chi connectivity index (χ2n) is 28.6. The van der Waals surface area contributed by atoms with E-state index in [1.807, 2.05) is 80.8 Å². The first-order valence-electron chi connectivity index (χ1n) is 39.2. The molecule has 0 aliphatic carbocycles. The fourth-order valence-corrected chi connectivity index (χ4v) is 14.9. The highest BCUT2D eigenvalue weighted by Crippen LogP contribution is 2.44. The number of nitrogens with zero attached hydrogens (tertiary/aromatic N) is 8. The van der Waals surface area contributed by atoms with Crippen molar-refractivity contribution in [3.05, 3.63) is 466 Å². The van der Waals surface area contributed by atoms with Gasteiger partial charge in [0, 0.05) is 106 Å². The van der Waals surface area contributed by atoms with Crippen LogP contribution in [0.4, 0.5) is 85.3 Å². The molecule has 0 N–H and O–H groups in total. The lowest BCUT2D eigenvalue weighted by molar-refractivity contribution is 1.20. The Morgan fingerprint density at radius 3 is 0.752 bits per heavy atom. The largest absolute Gasteiger partial charge is 0.345 e. The van der Waals surface area contributed by atoms with Crippen LogP contribution >= 0.6 is 0 Å². The number of rotatable bonds is 19. The summed E-state index contributed by atoms with van der Waals surface area (Å²) in [5.74, 6) is 0. The molecular formula is C109H84N8. The number of benzene rings is 18. The van der Waals surface area contributed by atoms with Crippen molar-refractivity contribution in [2.45, 2.75) is 0 Å². The summed E-state index contributed by atoms with van der Waals surface area (Å²) in [4.78, 5) is 13.4. The number of hydrogen-bond donors (Lipinski definition) is 0. The summed E-state index contributed by atoms with van der Waals surface area (Å²) in [5, 5.41) is 23.3. The zero-order valence-electron chi connectivity index (χ0n) is 65.4. The second-order valence-corrected chi connectivity index (χ2v) is 28.6. The normalized spacial score (nSPS) is 10.7. The molecule has 18 aromatic carbocycles. The summed E-state index contributed by atoms with van der Waals surface area (Å²) < 4.78 is 0. The van der Waals surface area contributed by atoms with Gasteiger partial charge in [-0.05, 0) is 266 Å². The van der Waals surface area contributed by atoms with Gasteiger partial charge in [0.2, 0.25) is 0 Å². The van der Waals surface area contributed by atoms with E-state index in [1.165, 1.54) is 66.1 Å². The van der Waals surface area contributed by atoms with Crippen LogP contribution in [0, 0.1) is 22.7 Å². The molecule has 18 rings (SSSR count). The molecule has 0 amide bonds. The van der Waals surface area contributed by atoms with Gasteiger partial charge in [-0.2, -0.15) is 10.5 Å². The Labute approximate surface area is 686 Å². The molecule has 0 saturated heterocycles. The second kappa shape index (κ2) is 35.7. The quantitative estimate of drug-likeness (QED) is 0.0793. The molecule has 0 aliphatic heterocycles. The Morgan fingerprint density at radius 1 is 0.154 bits per heavy atom. The Kier molecular flexibility index (Phi) is 23.0. The molecule has 0 atom stereocenters. The fourth-order valence-electron chi connectivity index (χ4n) is 14.9. The van der Waals surface area contributed by atoms with Gasteiger partial charge in [-0.15, -0.1) is 0 Å². The van der Waals surface area contributed by atoms with Crippen LogP contribution in [0.15, 0.2) is 455 Å². The number of hydrogen-bond acceptors (Lipinski definition) is 8. The van der Waals surface area contributed by atoms with Crippen LogP contribution < -0.4 is 29.4 Å². The molecule has 0 bridgehead atoms. The van der Waals surface area contributed by atoms with E-state index < -0.39 is 0 Å². The third-order valence-electron chi connectivity index (χ3n) is 21.2. The van der Waals surface area contributed by atoms with Gasteiger partial charge in [-0.25, -0.2) is 0 Å². The SMILES string of the molecule is CN(c1ccc(C#N)cc1)c1ccc(N(c2cccc(-c3ccccc3)c2)c2ccc3ccccc3c2)cc1.CN(c1ccc(N(c2cccc(-c3ccccc3)c2)c2ccc3ccccc3c2)cc1)c1cccc(C#N)c1.CN(c1ccccc1)c1ccc(N(c2ccc(-c3ccccc3)cc2)c2ccc(-c3ccccc3)cc2)cc1. The number of anilines is 15. The molecule has 117 heavy (non-hydrogen) atoms. The number of para-hydroxylation sites is 1. The van der Waals surface area contributed by atoms with Crippen molar-refractivity contribution >= 4 is 107 Å². The Balaban J connectivity index is 0.000000131. The van der Waals surface area contributed by atoms with Gasteiger partial charge >= 0.3 is 0 Å². The zero-order chi connectivity index (χ0) is 79.7. The van der Waals surface area contributed by atoms with E-state index >= 15 is 0 Å². The Morgan fingerprint density at radius 2 is 0.385 bits per heavy atom. The topological polar surface area (TPSA) is 67.0 Å². The van der Waals surface area contributed by atoms with Crippen molar-refractivity contribution in [3.8, 4) is 56.6 Å². The van der Waals surface area contributed by atoms with Gasteiger partial charge < -0.3 is 29.4 Å². The molecule has 0 heterocycles. The van der Waals surface area contributed by atoms with Crippen molar-refractivity contribution in [3.63, 3.8) is 0 Å². The summed E-state index contributed by atoms with van der Waals surface area (Å²) in [6.07, 6.45) is 0. The van der Waals surface area contributed by atoms with E-state index in [4.69, 9.17) is 5.26 Å². The molecule has 0 unspecified atom stereocenters. The summed E-state index contributed by atoms with van der Waals surface area (Å²) in [6, 6.07) is 163. The van der Waals surface area contributed by atoms with Crippen molar-refractivity contribution < 1.29 is 0 Å². The average Bonchev–Trinajstić information content (AvgIpc) is 0.792. The van der Waals surface area contributed by atoms with Crippen molar-refractivity contribution in [2.75, 3.05) is 50.5 Å². The predicted molar refractivity (Wildman–Crippen MR) is 493 cm³/mol. The van der Waals surface area contributed by atoms with E-state index in [0.29, 0.717) is 11.1 Å². The average molecular weight is 1510 g/mol. The van der Waals surface area contributed by atoms with Crippen LogP contribution in [0.3, 0.4) is 0 Å². The summed E-state index contributed by atoms with van der Waals surface area (Å²) in [5.41, 5.74) is 27.2. The van der Waals surface area contributed by atoms with Gasteiger partial charge in [0.25, 0.3) is 0 Å². The molecule has 0 fully saturated rings. The number of nitriles is 2. The minimum absolute atomic E-state index is 0.650. The van der Waals surface area contributed by atoms with E-state index in [-0.39, 0.29) is 0 Å². The van der Waals surface area contributed by atoms with Gasteiger partial charge in [-0.1, -0.05) is 255 Å². The molecule has 560 valence electrons. The highest BCUT2D eigenvalue weighted by atomic mass is 15.2.